The summed E-state index contributed by atoms with van der Waals surface area (Å²) in [5.74, 6) is 1.45. The molecule has 26 heavy (non-hydrogen) atoms. The number of hydrogen-bond donors (Lipinski definition) is 2. The van der Waals surface area contributed by atoms with Crippen LogP contribution in [0, 0.1) is 5.92 Å². The molecule has 0 radical (unpaired) electrons. The number of aromatic nitrogens is 2. The largest absolute Gasteiger partial charge is 0.497 e. The number of benzene rings is 1. The molecule has 1 atom stereocenters. The smallest absolute Gasteiger partial charge is 0.254 e. The third-order valence-corrected chi connectivity index (χ3v) is 4.64. The first-order chi connectivity index (χ1) is 12.2. The molecule has 0 spiro atoms. The average Bonchev–Trinajstić information content (AvgIpc) is 3.12. The van der Waals surface area contributed by atoms with Gasteiger partial charge in [0.15, 0.2) is 0 Å². The molecule has 7 heteroatoms. The van der Waals surface area contributed by atoms with Crippen molar-refractivity contribution < 1.29 is 9.53 Å². The van der Waals surface area contributed by atoms with E-state index in [0.717, 1.165) is 37.4 Å². The van der Waals surface area contributed by atoms with Gasteiger partial charge in [0.1, 0.15) is 5.75 Å². The molecule has 6 nitrogen and oxygen atoms in total. The van der Waals surface area contributed by atoms with Crippen LogP contribution in [0.4, 0.5) is 0 Å². The lowest BCUT2D eigenvalue weighted by atomic mass is 9.96. The summed E-state index contributed by atoms with van der Waals surface area (Å²) in [6.45, 7) is 3.53. The zero-order chi connectivity index (χ0) is 17.5. The zero-order valence-electron chi connectivity index (χ0n) is 15.1. The van der Waals surface area contributed by atoms with Crippen LogP contribution in [0.2, 0.25) is 0 Å². The van der Waals surface area contributed by atoms with Gasteiger partial charge in [0.2, 0.25) is 0 Å². The number of carbonyl (C=O) groups is 1. The Morgan fingerprint density at radius 3 is 2.88 bits per heavy atom. The summed E-state index contributed by atoms with van der Waals surface area (Å²) in [4.78, 5) is 12.2. The normalized spacial score (nSPS) is 16.6. The lowest BCUT2D eigenvalue weighted by Crippen LogP contribution is -2.33. The van der Waals surface area contributed by atoms with Crippen molar-refractivity contribution in [3.05, 3.63) is 47.8 Å². The fourth-order valence-corrected chi connectivity index (χ4v) is 3.15. The van der Waals surface area contributed by atoms with Crippen molar-refractivity contribution in [2.45, 2.75) is 25.8 Å². The maximum absolute atomic E-state index is 12.2. The molecule has 3 rings (SSSR count). The molecule has 1 amide bonds. The molecular weight excluding hydrogens is 352 g/mol. The minimum absolute atomic E-state index is 0. The lowest BCUT2D eigenvalue weighted by Gasteiger charge is -2.22. The summed E-state index contributed by atoms with van der Waals surface area (Å²) in [6, 6.07) is 7.84. The molecule has 2 N–H and O–H groups in total. The van der Waals surface area contributed by atoms with Gasteiger partial charge in [0.05, 0.1) is 25.4 Å². The number of amides is 1. The minimum Gasteiger partial charge on any atom is -0.497 e. The Balaban J connectivity index is 0.00000243. The standard InChI is InChI=1S/C19H26N4O2.ClH/c1-25-18-6-4-16(5-7-18)13-23-14-17(12-22-23)19(24)21-10-8-15-3-2-9-20-11-15;/h4-7,12,14-15,20H,2-3,8-11,13H2,1H3,(H,21,24);1H. The van der Waals surface area contributed by atoms with Gasteiger partial charge in [-0.15, -0.1) is 12.4 Å². The maximum Gasteiger partial charge on any atom is 0.254 e. The summed E-state index contributed by atoms with van der Waals surface area (Å²) in [5.41, 5.74) is 1.72. The van der Waals surface area contributed by atoms with E-state index in [-0.39, 0.29) is 18.3 Å². The Morgan fingerprint density at radius 1 is 1.38 bits per heavy atom. The molecular formula is C19H27ClN4O2. The molecule has 1 saturated heterocycles. The van der Waals surface area contributed by atoms with Crippen molar-refractivity contribution in [1.29, 1.82) is 0 Å². The van der Waals surface area contributed by atoms with Crippen LogP contribution in [0.3, 0.4) is 0 Å². The average molecular weight is 379 g/mol. The van der Waals surface area contributed by atoms with Crippen molar-refractivity contribution in [3.8, 4) is 5.75 Å². The summed E-state index contributed by atoms with van der Waals surface area (Å²) < 4.78 is 6.94. The van der Waals surface area contributed by atoms with E-state index < -0.39 is 0 Å². The molecule has 2 aromatic rings. The van der Waals surface area contributed by atoms with Crippen molar-refractivity contribution in [1.82, 2.24) is 20.4 Å². The second kappa shape index (κ2) is 10.2. The number of nitrogens with zero attached hydrogens (tertiary/aromatic N) is 2. The number of methoxy groups -OCH3 is 1. The molecule has 1 aromatic heterocycles. The quantitative estimate of drug-likeness (QED) is 0.776. The first-order valence-electron chi connectivity index (χ1n) is 8.89. The highest BCUT2D eigenvalue weighted by molar-refractivity contribution is 5.93. The highest BCUT2D eigenvalue weighted by Crippen LogP contribution is 2.14. The maximum atomic E-state index is 12.2. The molecule has 1 aliphatic rings. The van der Waals surface area contributed by atoms with Gasteiger partial charge in [0, 0.05) is 12.7 Å². The Hall–Kier alpha value is -2.05. The fourth-order valence-electron chi connectivity index (χ4n) is 3.15. The Labute approximate surface area is 160 Å². The summed E-state index contributed by atoms with van der Waals surface area (Å²) in [5, 5.41) is 10.7. The number of piperidine rings is 1. The van der Waals surface area contributed by atoms with Gasteiger partial charge >= 0.3 is 0 Å². The molecule has 0 saturated carbocycles. The van der Waals surface area contributed by atoms with Crippen molar-refractivity contribution in [2.75, 3.05) is 26.7 Å². The topological polar surface area (TPSA) is 68.2 Å². The third kappa shape index (κ3) is 5.75. The van der Waals surface area contributed by atoms with Gasteiger partial charge in [-0.25, -0.2) is 0 Å². The van der Waals surface area contributed by atoms with E-state index in [1.807, 2.05) is 24.3 Å². The Morgan fingerprint density at radius 2 is 2.19 bits per heavy atom. The molecule has 142 valence electrons. The van der Waals surface area contributed by atoms with Gasteiger partial charge in [-0.05, 0) is 56.0 Å². The zero-order valence-corrected chi connectivity index (χ0v) is 15.9. The van der Waals surface area contributed by atoms with Crippen LogP contribution in [0.15, 0.2) is 36.7 Å². The van der Waals surface area contributed by atoms with Gasteiger partial charge in [-0.1, -0.05) is 12.1 Å². The number of hydrogen-bond acceptors (Lipinski definition) is 4. The van der Waals surface area contributed by atoms with E-state index >= 15 is 0 Å². The second-order valence-corrected chi connectivity index (χ2v) is 6.53. The molecule has 2 heterocycles. The molecule has 1 aliphatic heterocycles. The third-order valence-electron chi connectivity index (χ3n) is 4.64. The Kier molecular flexibility index (Phi) is 7.94. The van der Waals surface area contributed by atoms with Crippen molar-refractivity contribution >= 4 is 18.3 Å². The van der Waals surface area contributed by atoms with Crippen LogP contribution >= 0.6 is 12.4 Å². The molecule has 1 fully saturated rings. The van der Waals surface area contributed by atoms with E-state index in [1.54, 1.807) is 24.2 Å². The first-order valence-corrected chi connectivity index (χ1v) is 8.89. The van der Waals surface area contributed by atoms with Gasteiger partial charge in [0.25, 0.3) is 5.91 Å². The number of rotatable bonds is 7. The van der Waals surface area contributed by atoms with Crippen molar-refractivity contribution in [3.63, 3.8) is 0 Å². The predicted molar refractivity (Wildman–Crippen MR) is 104 cm³/mol. The van der Waals surface area contributed by atoms with E-state index in [0.29, 0.717) is 18.0 Å². The highest BCUT2D eigenvalue weighted by Gasteiger charge is 2.14. The number of halogens is 1. The van der Waals surface area contributed by atoms with E-state index in [9.17, 15) is 4.79 Å². The number of ether oxygens (including phenoxy) is 1. The number of nitrogens with one attached hydrogen (secondary N) is 2. The molecule has 1 unspecified atom stereocenters. The summed E-state index contributed by atoms with van der Waals surface area (Å²) in [6.07, 6.45) is 6.93. The first kappa shape index (κ1) is 20.3. The van der Waals surface area contributed by atoms with Gasteiger partial charge in [-0.2, -0.15) is 5.10 Å². The minimum atomic E-state index is -0.0512. The van der Waals surface area contributed by atoms with Gasteiger partial charge in [-0.3, -0.25) is 9.48 Å². The number of carbonyl (C=O) groups excluding carboxylic acids is 1. The lowest BCUT2D eigenvalue weighted by molar-refractivity contribution is 0.0950. The van der Waals surface area contributed by atoms with E-state index in [2.05, 4.69) is 15.7 Å². The predicted octanol–water partition coefficient (Wildman–Crippen LogP) is 2.48. The van der Waals surface area contributed by atoms with Crippen LogP contribution < -0.4 is 15.4 Å². The van der Waals surface area contributed by atoms with Gasteiger partial charge < -0.3 is 15.4 Å². The van der Waals surface area contributed by atoms with E-state index in [4.69, 9.17) is 4.74 Å². The van der Waals surface area contributed by atoms with Crippen LogP contribution in [0.1, 0.15) is 35.2 Å². The van der Waals surface area contributed by atoms with Crippen molar-refractivity contribution in [2.24, 2.45) is 5.92 Å². The van der Waals surface area contributed by atoms with E-state index in [1.165, 1.54) is 12.8 Å². The summed E-state index contributed by atoms with van der Waals surface area (Å²) >= 11 is 0. The molecule has 0 aliphatic carbocycles. The fraction of sp³-hybridized carbons (Fsp3) is 0.474. The van der Waals surface area contributed by atoms with Crippen LogP contribution in [0.25, 0.3) is 0 Å². The highest BCUT2D eigenvalue weighted by atomic mass is 35.5. The Bertz CT molecular complexity index is 681. The van der Waals surface area contributed by atoms with Crippen LogP contribution in [-0.4, -0.2) is 42.4 Å². The van der Waals surface area contributed by atoms with Crippen LogP contribution in [0.5, 0.6) is 5.75 Å². The second-order valence-electron chi connectivity index (χ2n) is 6.53. The molecule has 1 aromatic carbocycles. The summed E-state index contributed by atoms with van der Waals surface area (Å²) in [7, 11) is 1.65. The van der Waals surface area contributed by atoms with Crippen LogP contribution in [-0.2, 0) is 6.54 Å². The SMILES string of the molecule is COc1ccc(Cn2cc(C(=O)NCCC3CCCNC3)cn2)cc1.Cl. The monoisotopic (exact) mass is 378 g/mol. The molecule has 0 bridgehead atoms.